The highest BCUT2D eigenvalue weighted by Gasteiger charge is 2.15. The summed E-state index contributed by atoms with van der Waals surface area (Å²) < 4.78 is 5.15. The highest BCUT2D eigenvalue weighted by atomic mass is 16.5. The molecular formula is C15H22N2O4. The van der Waals surface area contributed by atoms with Crippen LogP contribution in [0, 0.1) is 0 Å². The predicted molar refractivity (Wildman–Crippen MR) is 81.1 cm³/mol. The predicted octanol–water partition coefficient (Wildman–Crippen LogP) is 3.05. The molecule has 0 atom stereocenters. The molecule has 0 fully saturated rings. The zero-order valence-corrected chi connectivity index (χ0v) is 12.7. The Labute approximate surface area is 124 Å². The molecule has 0 aliphatic rings. The number of hydrogen-bond donors (Lipinski definition) is 2. The summed E-state index contributed by atoms with van der Waals surface area (Å²) in [7, 11) is 1.47. The Kier molecular flexibility index (Phi) is 6.52. The maximum Gasteiger partial charge on any atom is 0.335 e. The monoisotopic (exact) mass is 294 g/mol. The third-order valence-electron chi connectivity index (χ3n) is 3.14. The van der Waals surface area contributed by atoms with E-state index in [4.69, 9.17) is 9.84 Å². The molecule has 0 saturated carbocycles. The molecule has 6 heteroatoms. The van der Waals surface area contributed by atoms with Gasteiger partial charge < -0.3 is 20.1 Å². The number of nitrogens with one attached hydrogen (secondary N) is 1. The molecule has 21 heavy (non-hydrogen) atoms. The van der Waals surface area contributed by atoms with Gasteiger partial charge in [0.05, 0.1) is 18.4 Å². The Hall–Kier alpha value is -2.24. The number of carbonyl (C=O) groups is 2. The van der Waals surface area contributed by atoms with Gasteiger partial charge in [0.15, 0.2) is 0 Å². The summed E-state index contributed by atoms with van der Waals surface area (Å²) in [6.07, 6.45) is 1.93. The van der Waals surface area contributed by atoms with Crippen molar-refractivity contribution in [1.82, 2.24) is 4.90 Å². The number of rotatable bonds is 7. The summed E-state index contributed by atoms with van der Waals surface area (Å²) in [6, 6.07) is 4.10. The van der Waals surface area contributed by atoms with Crippen molar-refractivity contribution >= 4 is 17.7 Å². The number of aromatic carboxylic acids is 1. The summed E-state index contributed by atoms with van der Waals surface area (Å²) >= 11 is 0. The van der Waals surface area contributed by atoms with Crippen LogP contribution in [0.3, 0.4) is 0 Å². The van der Waals surface area contributed by atoms with Gasteiger partial charge in [-0.05, 0) is 31.5 Å². The van der Waals surface area contributed by atoms with Gasteiger partial charge >= 0.3 is 12.0 Å². The van der Waals surface area contributed by atoms with Crippen LogP contribution in [-0.4, -0.2) is 42.2 Å². The molecule has 1 aromatic carbocycles. The number of carboxylic acid groups (broad SMARTS) is 1. The fourth-order valence-corrected chi connectivity index (χ4v) is 1.89. The van der Waals surface area contributed by atoms with Gasteiger partial charge in [-0.25, -0.2) is 9.59 Å². The standard InChI is InChI=1S/C15H22N2O4/c1-4-6-9-17(5-2)15(20)16-12-10-11(14(18)19)7-8-13(12)21-3/h7-8,10H,4-6,9H2,1-3H3,(H,16,20)(H,18,19). The topological polar surface area (TPSA) is 78.9 Å². The van der Waals surface area contributed by atoms with Crippen molar-refractivity contribution in [1.29, 1.82) is 0 Å². The van der Waals surface area contributed by atoms with E-state index in [1.54, 1.807) is 4.90 Å². The van der Waals surface area contributed by atoms with Crippen molar-refractivity contribution in [2.24, 2.45) is 0 Å². The number of ether oxygens (including phenoxy) is 1. The zero-order valence-electron chi connectivity index (χ0n) is 12.7. The molecule has 2 N–H and O–H groups in total. The van der Waals surface area contributed by atoms with Crippen LogP contribution in [0.2, 0.25) is 0 Å². The molecule has 0 radical (unpaired) electrons. The van der Waals surface area contributed by atoms with Crippen LogP contribution in [0.1, 0.15) is 37.0 Å². The maximum atomic E-state index is 12.2. The second-order valence-electron chi connectivity index (χ2n) is 4.58. The Morgan fingerprint density at radius 2 is 2.05 bits per heavy atom. The van der Waals surface area contributed by atoms with E-state index in [2.05, 4.69) is 12.2 Å². The lowest BCUT2D eigenvalue weighted by molar-refractivity contribution is 0.0697. The number of nitrogens with zero attached hydrogens (tertiary/aromatic N) is 1. The summed E-state index contributed by atoms with van der Waals surface area (Å²) in [4.78, 5) is 24.9. The van der Waals surface area contributed by atoms with Crippen LogP contribution >= 0.6 is 0 Å². The molecule has 0 bridgehead atoms. The molecule has 0 spiro atoms. The van der Waals surface area contributed by atoms with Crippen molar-refractivity contribution in [2.75, 3.05) is 25.5 Å². The largest absolute Gasteiger partial charge is 0.495 e. The van der Waals surface area contributed by atoms with Crippen LogP contribution in [0.15, 0.2) is 18.2 Å². The first kappa shape index (κ1) is 16.8. The lowest BCUT2D eigenvalue weighted by Crippen LogP contribution is -2.35. The average molecular weight is 294 g/mol. The van der Waals surface area contributed by atoms with Crippen LogP contribution in [0.4, 0.5) is 10.5 Å². The average Bonchev–Trinajstić information content (AvgIpc) is 2.47. The number of urea groups is 1. The molecule has 0 aromatic heterocycles. The second-order valence-corrected chi connectivity index (χ2v) is 4.58. The third kappa shape index (κ3) is 4.66. The van der Waals surface area contributed by atoms with E-state index in [1.165, 1.54) is 25.3 Å². The first-order valence-corrected chi connectivity index (χ1v) is 7.00. The molecule has 1 rings (SSSR count). The summed E-state index contributed by atoms with van der Waals surface area (Å²) in [5, 5.41) is 11.7. The highest BCUT2D eigenvalue weighted by molar-refractivity contribution is 5.94. The smallest absolute Gasteiger partial charge is 0.335 e. The molecule has 0 aliphatic heterocycles. The lowest BCUT2D eigenvalue weighted by atomic mass is 10.2. The number of unbranched alkanes of at least 4 members (excludes halogenated alkanes) is 1. The number of methoxy groups -OCH3 is 1. The Morgan fingerprint density at radius 1 is 1.33 bits per heavy atom. The molecule has 0 unspecified atom stereocenters. The van der Waals surface area contributed by atoms with E-state index >= 15 is 0 Å². The summed E-state index contributed by atoms with van der Waals surface area (Å²) in [6.45, 7) is 5.22. The van der Waals surface area contributed by atoms with Gasteiger partial charge in [0.1, 0.15) is 5.75 Å². The Balaban J connectivity index is 2.91. The molecule has 6 nitrogen and oxygen atoms in total. The van der Waals surface area contributed by atoms with Crippen molar-refractivity contribution in [3.05, 3.63) is 23.8 Å². The number of amides is 2. The van der Waals surface area contributed by atoms with E-state index in [0.29, 0.717) is 24.5 Å². The van der Waals surface area contributed by atoms with Gasteiger partial charge in [0.25, 0.3) is 0 Å². The minimum absolute atomic E-state index is 0.0997. The molecule has 0 heterocycles. The normalized spacial score (nSPS) is 10.0. The molecule has 2 amide bonds. The second kappa shape index (κ2) is 8.14. The van der Waals surface area contributed by atoms with E-state index < -0.39 is 5.97 Å². The minimum Gasteiger partial charge on any atom is -0.495 e. The molecule has 0 saturated heterocycles. The van der Waals surface area contributed by atoms with E-state index in [1.807, 2.05) is 6.92 Å². The Morgan fingerprint density at radius 3 is 2.57 bits per heavy atom. The molecule has 1 aromatic rings. The fourth-order valence-electron chi connectivity index (χ4n) is 1.89. The van der Waals surface area contributed by atoms with Crippen LogP contribution in [-0.2, 0) is 0 Å². The minimum atomic E-state index is -1.05. The number of carbonyl (C=O) groups excluding carboxylic acids is 1. The van der Waals surface area contributed by atoms with E-state index in [0.717, 1.165) is 12.8 Å². The number of carboxylic acids is 1. The van der Waals surface area contributed by atoms with E-state index in [9.17, 15) is 9.59 Å². The number of hydrogen-bond acceptors (Lipinski definition) is 3. The van der Waals surface area contributed by atoms with E-state index in [-0.39, 0.29) is 11.6 Å². The van der Waals surface area contributed by atoms with Gasteiger partial charge in [-0.3, -0.25) is 0 Å². The SMILES string of the molecule is CCCCN(CC)C(=O)Nc1cc(C(=O)O)ccc1OC. The van der Waals surface area contributed by atoms with Crippen molar-refractivity contribution < 1.29 is 19.4 Å². The van der Waals surface area contributed by atoms with Crippen LogP contribution in [0.25, 0.3) is 0 Å². The van der Waals surface area contributed by atoms with Crippen LogP contribution in [0.5, 0.6) is 5.75 Å². The van der Waals surface area contributed by atoms with Crippen molar-refractivity contribution in [3.63, 3.8) is 0 Å². The maximum absolute atomic E-state index is 12.2. The van der Waals surface area contributed by atoms with Crippen molar-refractivity contribution in [2.45, 2.75) is 26.7 Å². The zero-order chi connectivity index (χ0) is 15.8. The van der Waals surface area contributed by atoms with Gasteiger partial charge in [-0.1, -0.05) is 13.3 Å². The van der Waals surface area contributed by atoms with Gasteiger partial charge in [0, 0.05) is 13.1 Å². The third-order valence-corrected chi connectivity index (χ3v) is 3.14. The molecule has 116 valence electrons. The number of anilines is 1. The highest BCUT2D eigenvalue weighted by Crippen LogP contribution is 2.25. The fraction of sp³-hybridized carbons (Fsp3) is 0.467. The first-order valence-electron chi connectivity index (χ1n) is 7.00. The summed E-state index contributed by atoms with van der Waals surface area (Å²) in [5.41, 5.74) is 0.458. The lowest BCUT2D eigenvalue weighted by Gasteiger charge is -2.22. The quantitative estimate of drug-likeness (QED) is 0.810. The van der Waals surface area contributed by atoms with Gasteiger partial charge in [-0.15, -0.1) is 0 Å². The first-order chi connectivity index (χ1) is 10.0. The molecule has 0 aliphatic carbocycles. The molecular weight excluding hydrogens is 272 g/mol. The van der Waals surface area contributed by atoms with Gasteiger partial charge in [0.2, 0.25) is 0 Å². The summed E-state index contributed by atoms with van der Waals surface area (Å²) in [5.74, 6) is -0.619. The van der Waals surface area contributed by atoms with Crippen molar-refractivity contribution in [3.8, 4) is 5.75 Å². The number of benzene rings is 1. The van der Waals surface area contributed by atoms with Crippen LogP contribution < -0.4 is 10.1 Å². The van der Waals surface area contributed by atoms with Gasteiger partial charge in [-0.2, -0.15) is 0 Å². The Bertz CT molecular complexity index is 502.